The Hall–Kier alpha value is -0.280. The maximum absolute atomic E-state index is 6.20. The van der Waals surface area contributed by atoms with E-state index >= 15 is 0 Å². The summed E-state index contributed by atoms with van der Waals surface area (Å²) in [6.07, 6.45) is 4.57. The second kappa shape index (κ2) is 6.76. The van der Waals surface area contributed by atoms with E-state index in [0.29, 0.717) is 12.1 Å². The molecule has 1 N–H and O–H groups in total. The van der Waals surface area contributed by atoms with E-state index in [4.69, 9.17) is 27.9 Å². The van der Waals surface area contributed by atoms with Crippen LogP contribution >= 0.6 is 23.2 Å². The summed E-state index contributed by atoms with van der Waals surface area (Å²) in [7, 11) is 1.98. The standard InChI is InChI=1S/C14H19Cl2NO/c1-17-10(8-11-4-3-7-18-11)9-12-13(15)5-2-6-14(12)16/h2,5-6,10-11,17H,3-4,7-9H2,1H3. The highest BCUT2D eigenvalue weighted by Crippen LogP contribution is 2.27. The fourth-order valence-corrected chi connectivity index (χ4v) is 2.98. The Bertz CT molecular complexity index is 371. The van der Waals surface area contributed by atoms with E-state index in [0.717, 1.165) is 41.5 Å². The van der Waals surface area contributed by atoms with Crippen LogP contribution in [0.25, 0.3) is 0 Å². The lowest BCUT2D eigenvalue weighted by atomic mass is 9.99. The van der Waals surface area contributed by atoms with Crippen LogP contribution in [0.2, 0.25) is 10.0 Å². The molecule has 2 rings (SSSR count). The topological polar surface area (TPSA) is 21.3 Å². The monoisotopic (exact) mass is 287 g/mol. The molecule has 0 spiro atoms. The van der Waals surface area contributed by atoms with Gasteiger partial charge in [0.25, 0.3) is 0 Å². The van der Waals surface area contributed by atoms with Gasteiger partial charge in [0.2, 0.25) is 0 Å². The first-order valence-electron chi connectivity index (χ1n) is 6.42. The number of hydrogen-bond acceptors (Lipinski definition) is 2. The first-order chi connectivity index (χ1) is 8.70. The van der Waals surface area contributed by atoms with Crippen LogP contribution in [-0.2, 0) is 11.2 Å². The van der Waals surface area contributed by atoms with Gasteiger partial charge in [-0.15, -0.1) is 0 Å². The molecule has 0 saturated carbocycles. The van der Waals surface area contributed by atoms with Crippen LogP contribution in [0.15, 0.2) is 18.2 Å². The largest absolute Gasteiger partial charge is 0.378 e. The molecule has 1 aromatic rings. The van der Waals surface area contributed by atoms with Crippen molar-refractivity contribution in [2.45, 2.75) is 37.8 Å². The van der Waals surface area contributed by atoms with Gasteiger partial charge in [-0.1, -0.05) is 29.3 Å². The number of likely N-dealkylation sites (N-methyl/N-ethyl adjacent to an activating group) is 1. The Labute approximate surface area is 119 Å². The third-order valence-corrected chi connectivity index (χ3v) is 4.20. The molecule has 0 aromatic heterocycles. The van der Waals surface area contributed by atoms with Crippen LogP contribution < -0.4 is 5.32 Å². The average molecular weight is 288 g/mol. The summed E-state index contributed by atoms with van der Waals surface area (Å²) in [5.41, 5.74) is 1.03. The Morgan fingerprint density at radius 3 is 2.67 bits per heavy atom. The highest BCUT2D eigenvalue weighted by atomic mass is 35.5. The molecule has 0 bridgehead atoms. The van der Waals surface area contributed by atoms with Crippen LogP contribution in [0, 0.1) is 0 Å². The highest BCUT2D eigenvalue weighted by Gasteiger charge is 2.21. The van der Waals surface area contributed by atoms with Gasteiger partial charge >= 0.3 is 0 Å². The smallest absolute Gasteiger partial charge is 0.0590 e. The summed E-state index contributed by atoms with van der Waals surface area (Å²) < 4.78 is 5.68. The fraction of sp³-hybridized carbons (Fsp3) is 0.571. The van der Waals surface area contributed by atoms with Crippen molar-refractivity contribution >= 4 is 23.2 Å². The molecular formula is C14H19Cl2NO. The van der Waals surface area contributed by atoms with Crippen LogP contribution in [0.1, 0.15) is 24.8 Å². The van der Waals surface area contributed by atoms with Gasteiger partial charge in [-0.25, -0.2) is 0 Å². The quantitative estimate of drug-likeness (QED) is 0.892. The van der Waals surface area contributed by atoms with Crippen molar-refractivity contribution in [2.24, 2.45) is 0 Å². The first-order valence-corrected chi connectivity index (χ1v) is 7.18. The zero-order valence-electron chi connectivity index (χ0n) is 10.6. The molecule has 100 valence electrons. The summed E-state index contributed by atoms with van der Waals surface area (Å²) >= 11 is 12.4. The third-order valence-electron chi connectivity index (χ3n) is 3.49. The Balaban J connectivity index is 2.00. The van der Waals surface area contributed by atoms with Crippen molar-refractivity contribution < 1.29 is 4.74 Å². The SMILES string of the molecule is CNC(Cc1c(Cl)cccc1Cl)CC1CCCO1. The van der Waals surface area contributed by atoms with Crippen LogP contribution in [0.4, 0.5) is 0 Å². The van der Waals surface area contributed by atoms with Crippen molar-refractivity contribution in [3.8, 4) is 0 Å². The molecule has 4 heteroatoms. The average Bonchev–Trinajstić information content (AvgIpc) is 2.85. The molecule has 0 radical (unpaired) electrons. The molecule has 2 atom stereocenters. The number of halogens is 2. The predicted octanol–water partition coefficient (Wildman–Crippen LogP) is 3.69. The summed E-state index contributed by atoms with van der Waals surface area (Å²) in [5.74, 6) is 0. The van der Waals surface area contributed by atoms with E-state index in [2.05, 4.69) is 5.32 Å². The van der Waals surface area contributed by atoms with Gasteiger partial charge in [0.1, 0.15) is 0 Å². The zero-order valence-corrected chi connectivity index (χ0v) is 12.1. The molecular weight excluding hydrogens is 269 g/mol. The van der Waals surface area contributed by atoms with Gasteiger partial charge in [0, 0.05) is 22.7 Å². The summed E-state index contributed by atoms with van der Waals surface area (Å²) in [6.45, 7) is 0.897. The molecule has 0 aliphatic carbocycles. The summed E-state index contributed by atoms with van der Waals surface area (Å²) in [5, 5.41) is 4.83. The molecule has 1 aliphatic heterocycles. The number of nitrogens with one attached hydrogen (secondary N) is 1. The van der Waals surface area contributed by atoms with Gasteiger partial charge in [0.15, 0.2) is 0 Å². The third kappa shape index (κ3) is 3.61. The normalized spacial score (nSPS) is 21.2. The van der Waals surface area contributed by atoms with Crippen molar-refractivity contribution in [1.29, 1.82) is 0 Å². The van der Waals surface area contributed by atoms with E-state index in [1.54, 1.807) is 0 Å². The van der Waals surface area contributed by atoms with Crippen LogP contribution in [-0.4, -0.2) is 25.8 Å². The second-order valence-corrected chi connectivity index (χ2v) is 5.58. The second-order valence-electron chi connectivity index (χ2n) is 4.76. The van der Waals surface area contributed by atoms with Crippen LogP contribution in [0.3, 0.4) is 0 Å². The lowest BCUT2D eigenvalue weighted by Crippen LogP contribution is -2.31. The maximum Gasteiger partial charge on any atom is 0.0590 e. The molecule has 1 aromatic carbocycles. The van der Waals surface area contributed by atoms with Crippen molar-refractivity contribution in [1.82, 2.24) is 5.32 Å². The van der Waals surface area contributed by atoms with Gasteiger partial charge in [-0.2, -0.15) is 0 Å². The number of ether oxygens (including phenoxy) is 1. The van der Waals surface area contributed by atoms with E-state index in [9.17, 15) is 0 Å². The minimum absolute atomic E-state index is 0.352. The van der Waals surface area contributed by atoms with E-state index in [-0.39, 0.29) is 0 Å². The molecule has 2 unspecified atom stereocenters. The Morgan fingerprint density at radius 1 is 1.39 bits per heavy atom. The van der Waals surface area contributed by atoms with Crippen molar-refractivity contribution in [3.05, 3.63) is 33.8 Å². The van der Waals surface area contributed by atoms with Crippen molar-refractivity contribution in [3.63, 3.8) is 0 Å². The van der Waals surface area contributed by atoms with E-state index in [1.165, 1.54) is 6.42 Å². The highest BCUT2D eigenvalue weighted by molar-refractivity contribution is 6.35. The van der Waals surface area contributed by atoms with Gasteiger partial charge < -0.3 is 10.1 Å². The van der Waals surface area contributed by atoms with E-state index in [1.807, 2.05) is 25.2 Å². The van der Waals surface area contributed by atoms with Gasteiger partial charge in [-0.3, -0.25) is 0 Å². The first kappa shape index (κ1) is 14.1. The Kier molecular flexibility index (Phi) is 5.31. The lowest BCUT2D eigenvalue weighted by Gasteiger charge is -2.21. The molecule has 1 heterocycles. The van der Waals surface area contributed by atoms with Crippen molar-refractivity contribution in [2.75, 3.05) is 13.7 Å². The Morgan fingerprint density at radius 2 is 2.11 bits per heavy atom. The van der Waals surface area contributed by atoms with Gasteiger partial charge in [0.05, 0.1) is 6.10 Å². The van der Waals surface area contributed by atoms with Crippen LogP contribution in [0.5, 0.6) is 0 Å². The minimum Gasteiger partial charge on any atom is -0.378 e. The molecule has 1 aliphatic rings. The molecule has 0 amide bonds. The molecule has 1 saturated heterocycles. The van der Waals surface area contributed by atoms with E-state index < -0.39 is 0 Å². The summed E-state index contributed by atoms with van der Waals surface area (Å²) in [4.78, 5) is 0. The fourth-order valence-electron chi connectivity index (χ4n) is 2.42. The molecule has 2 nitrogen and oxygen atoms in total. The number of benzene rings is 1. The zero-order chi connectivity index (χ0) is 13.0. The number of hydrogen-bond donors (Lipinski definition) is 1. The summed E-state index contributed by atoms with van der Waals surface area (Å²) in [6, 6.07) is 6.01. The molecule has 18 heavy (non-hydrogen) atoms. The minimum atomic E-state index is 0.352. The van der Waals surface area contributed by atoms with Gasteiger partial charge in [-0.05, 0) is 50.4 Å². The maximum atomic E-state index is 6.20. The number of rotatable bonds is 5. The predicted molar refractivity (Wildman–Crippen MR) is 76.6 cm³/mol. The lowest BCUT2D eigenvalue weighted by molar-refractivity contribution is 0.0954. The molecule has 1 fully saturated rings.